The van der Waals surface area contributed by atoms with Crippen molar-refractivity contribution in [3.05, 3.63) is 74.5 Å². The number of benzene rings is 1. The number of hydrogen-bond donors (Lipinski definition) is 1. The Bertz CT molecular complexity index is 814. The lowest BCUT2D eigenvalue weighted by Crippen LogP contribution is -2.41. The summed E-state index contributed by atoms with van der Waals surface area (Å²) in [6.07, 6.45) is 3.28. The van der Waals surface area contributed by atoms with Crippen molar-refractivity contribution in [3.8, 4) is 0 Å². The summed E-state index contributed by atoms with van der Waals surface area (Å²) in [5.74, 6) is -2.40. The number of nitrogens with zero attached hydrogens (tertiary/aromatic N) is 2. The van der Waals surface area contributed by atoms with Crippen molar-refractivity contribution in [2.75, 3.05) is 0 Å². The van der Waals surface area contributed by atoms with Gasteiger partial charge in [-0.3, -0.25) is 15.1 Å². The first-order valence-electron chi connectivity index (χ1n) is 8.93. The van der Waals surface area contributed by atoms with E-state index in [1.807, 2.05) is 6.92 Å². The van der Waals surface area contributed by atoms with Crippen molar-refractivity contribution < 1.29 is 14.8 Å². The van der Waals surface area contributed by atoms with Crippen LogP contribution in [0, 0.1) is 22.0 Å². The van der Waals surface area contributed by atoms with E-state index in [0.29, 0.717) is 30.4 Å². The van der Waals surface area contributed by atoms with Crippen molar-refractivity contribution in [2.24, 2.45) is 11.8 Å². The summed E-state index contributed by atoms with van der Waals surface area (Å²) in [5, 5.41) is 23.8. The molecule has 1 fully saturated rings. The predicted molar refractivity (Wildman–Crippen MR) is 104 cm³/mol. The minimum Gasteiger partial charge on any atom is -0.382 e. The third kappa shape index (κ3) is 3.30. The molecule has 1 saturated carbocycles. The first-order chi connectivity index (χ1) is 12.9. The number of rotatable bonds is 6. The van der Waals surface area contributed by atoms with Crippen LogP contribution in [0.5, 0.6) is 0 Å². The lowest BCUT2D eigenvalue weighted by molar-refractivity contribution is -0.534. The second-order valence-corrected chi connectivity index (χ2v) is 7.87. The van der Waals surface area contributed by atoms with E-state index in [1.54, 1.807) is 42.5 Å². The Morgan fingerprint density at radius 3 is 2.52 bits per heavy atom. The van der Waals surface area contributed by atoms with Crippen molar-refractivity contribution in [3.63, 3.8) is 0 Å². The quantitative estimate of drug-likeness (QED) is 0.426. The predicted octanol–water partition coefficient (Wildman–Crippen LogP) is 3.71. The molecular weight excluding hydrogens is 412 g/mol. The topological polar surface area (TPSA) is 93.3 Å². The monoisotopic (exact) mass is 432 g/mol. The molecule has 0 saturated heterocycles. The molecule has 0 spiro atoms. The number of pyridine rings is 1. The summed E-state index contributed by atoms with van der Waals surface area (Å²) in [6.45, 7) is 1.92. The molecule has 27 heavy (non-hydrogen) atoms. The SMILES string of the molecule is CCC[C@H]1[C@H]([N+](=O)[O-])[C@H](c2ccc(Br)cc2)[C@@H](C=O)[C@]1(O)c1ccccn1. The van der Waals surface area contributed by atoms with Gasteiger partial charge < -0.3 is 9.90 Å². The van der Waals surface area contributed by atoms with Gasteiger partial charge in [-0.05, 0) is 36.2 Å². The fourth-order valence-electron chi connectivity index (χ4n) is 4.46. The summed E-state index contributed by atoms with van der Waals surface area (Å²) in [5.41, 5.74) is -0.703. The number of carbonyl (C=O) groups is 1. The Labute approximate surface area is 165 Å². The molecule has 1 heterocycles. The number of aliphatic hydroxyl groups is 1. The van der Waals surface area contributed by atoms with Crippen LogP contribution in [0.3, 0.4) is 0 Å². The third-order valence-electron chi connectivity index (χ3n) is 5.56. The van der Waals surface area contributed by atoms with E-state index in [9.17, 15) is 20.0 Å². The van der Waals surface area contributed by atoms with Gasteiger partial charge in [-0.1, -0.05) is 47.5 Å². The molecule has 1 aliphatic carbocycles. The minimum absolute atomic E-state index is 0.312. The molecule has 1 aliphatic rings. The first-order valence-corrected chi connectivity index (χ1v) is 9.72. The highest BCUT2D eigenvalue weighted by Gasteiger charge is 2.66. The van der Waals surface area contributed by atoms with Gasteiger partial charge in [0.05, 0.1) is 23.4 Å². The number of aromatic nitrogens is 1. The Morgan fingerprint density at radius 2 is 2.00 bits per heavy atom. The van der Waals surface area contributed by atoms with Crippen LogP contribution < -0.4 is 0 Å². The summed E-state index contributed by atoms with van der Waals surface area (Å²) in [4.78, 5) is 28.1. The Kier molecular flexibility index (Phi) is 5.72. The van der Waals surface area contributed by atoms with Gasteiger partial charge in [0.15, 0.2) is 0 Å². The van der Waals surface area contributed by atoms with Gasteiger partial charge in [0.2, 0.25) is 6.04 Å². The molecule has 3 rings (SSSR count). The highest BCUT2D eigenvalue weighted by Crippen LogP contribution is 2.56. The van der Waals surface area contributed by atoms with Crippen molar-refractivity contribution >= 4 is 22.2 Å². The van der Waals surface area contributed by atoms with Crippen molar-refractivity contribution in [1.29, 1.82) is 0 Å². The van der Waals surface area contributed by atoms with E-state index in [4.69, 9.17) is 0 Å². The van der Waals surface area contributed by atoms with E-state index >= 15 is 0 Å². The van der Waals surface area contributed by atoms with Crippen LogP contribution in [-0.2, 0) is 10.4 Å². The summed E-state index contributed by atoms with van der Waals surface area (Å²) in [6, 6.07) is 11.1. The molecule has 142 valence electrons. The molecule has 0 radical (unpaired) electrons. The Hall–Kier alpha value is -2.12. The standard InChI is InChI=1S/C20H21BrN2O4/c1-2-5-15-19(23(26)27)18(13-7-9-14(21)10-8-13)16(12-24)20(15,25)17-6-3-4-11-22-17/h3-4,6-12,15-16,18-19,25H,2,5H2,1H3/t15-,16+,18+,19-,20-/m0/s1. The number of aldehydes is 1. The van der Waals surface area contributed by atoms with Crippen LogP contribution in [-0.4, -0.2) is 27.3 Å². The van der Waals surface area contributed by atoms with Crippen molar-refractivity contribution in [2.45, 2.75) is 37.3 Å². The molecule has 0 unspecified atom stereocenters. The third-order valence-corrected chi connectivity index (χ3v) is 6.09. The normalized spacial score (nSPS) is 30.2. The second kappa shape index (κ2) is 7.86. The fraction of sp³-hybridized carbons (Fsp3) is 0.400. The van der Waals surface area contributed by atoms with Gasteiger partial charge in [-0.15, -0.1) is 0 Å². The van der Waals surface area contributed by atoms with Crippen LogP contribution in [0.2, 0.25) is 0 Å². The molecule has 0 aliphatic heterocycles. The average molecular weight is 433 g/mol. The Balaban J connectivity index is 2.22. The number of halogens is 1. The Morgan fingerprint density at radius 1 is 1.30 bits per heavy atom. The van der Waals surface area contributed by atoms with E-state index < -0.39 is 29.4 Å². The van der Waals surface area contributed by atoms with E-state index in [2.05, 4.69) is 20.9 Å². The minimum atomic E-state index is -1.69. The smallest absolute Gasteiger partial charge is 0.226 e. The summed E-state index contributed by atoms with van der Waals surface area (Å²) >= 11 is 3.36. The van der Waals surface area contributed by atoms with Crippen LogP contribution in [0.4, 0.5) is 0 Å². The van der Waals surface area contributed by atoms with Gasteiger partial charge in [0.1, 0.15) is 11.9 Å². The van der Waals surface area contributed by atoms with Crippen LogP contribution in [0.1, 0.15) is 36.9 Å². The van der Waals surface area contributed by atoms with Crippen LogP contribution >= 0.6 is 15.9 Å². The molecule has 1 aromatic carbocycles. The van der Waals surface area contributed by atoms with E-state index in [-0.39, 0.29) is 4.92 Å². The highest BCUT2D eigenvalue weighted by atomic mass is 79.9. The van der Waals surface area contributed by atoms with Crippen LogP contribution in [0.15, 0.2) is 53.1 Å². The maximum absolute atomic E-state index is 12.1. The molecule has 6 nitrogen and oxygen atoms in total. The molecule has 0 bridgehead atoms. The first kappa shape index (κ1) is 19.6. The fourth-order valence-corrected chi connectivity index (χ4v) is 4.73. The average Bonchev–Trinajstić information content (AvgIpc) is 2.93. The van der Waals surface area contributed by atoms with Gasteiger partial charge in [-0.2, -0.15) is 0 Å². The largest absolute Gasteiger partial charge is 0.382 e. The van der Waals surface area contributed by atoms with Crippen molar-refractivity contribution in [1.82, 2.24) is 4.98 Å². The van der Waals surface area contributed by atoms with Gasteiger partial charge in [-0.25, -0.2) is 0 Å². The lowest BCUT2D eigenvalue weighted by Gasteiger charge is -2.32. The van der Waals surface area contributed by atoms with Gasteiger partial charge in [0, 0.05) is 15.6 Å². The lowest BCUT2D eigenvalue weighted by atomic mass is 9.77. The van der Waals surface area contributed by atoms with Crippen LogP contribution in [0.25, 0.3) is 0 Å². The molecular formula is C20H21BrN2O4. The highest BCUT2D eigenvalue weighted by molar-refractivity contribution is 9.10. The number of hydrogen-bond acceptors (Lipinski definition) is 5. The maximum atomic E-state index is 12.1. The van der Waals surface area contributed by atoms with Gasteiger partial charge in [0.25, 0.3) is 0 Å². The zero-order valence-corrected chi connectivity index (χ0v) is 16.5. The molecule has 7 heteroatoms. The molecule has 1 aromatic heterocycles. The zero-order valence-electron chi connectivity index (χ0n) is 14.9. The summed E-state index contributed by atoms with van der Waals surface area (Å²) in [7, 11) is 0. The summed E-state index contributed by atoms with van der Waals surface area (Å²) < 4.78 is 0.842. The van der Waals surface area contributed by atoms with E-state index in [1.165, 1.54) is 6.20 Å². The molecule has 1 N–H and O–H groups in total. The molecule has 2 aromatic rings. The molecule has 5 atom stereocenters. The second-order valence-electron chi connectivity index (χ2n) is 6.95. The number of nitro groups is 1. The van der Waals surface area contributed by atoms with Gasteiger partial charge >= 0.3 is 0 Å². The number of carbonyl (C=O) groups excluding carboxylic acids is 1. The maximum Gasteiger partial charge on any atom is 0.226 e. The van der Waals surface area contributed by atoms with E-state index in [0.717, 1.165) is 4.47 Å². The molecule has 0 amide bonds. The zero-order chi connectivity index (χ0) is 19.6.